The molecule has 0 saturated carbocycles. The van der Waals surface area contributed by atoms with Gasteiger partial charge < -0.3 is 15.2 Å². The Hall–Kier alpha value is -4.08. The van der Waals surface area contributed by atoms with E-state index in [9.17, 15) is 14.7 Å². The second-order valence-electron chi connectivity index (χ2n) is 8.34. The second kappa shape index (κ2) is 12.2. The first-order valence-electron chi connectivity index (χ1n) is 11.7. The first-order valence-corrected chi connectivity index (χ1v) is 12.1. The van der Waals surface area contributed by atoms with Crippen molar-refractivity contribution < 1.29 is 19.4 Å². The average Bonchev–Trinajstić information content (AvgIpc) is 3.40. The number of hydrogen-bond donors (Lipinski definition) is 3. The molecular weight excluding hydrogens is 494 g/mol. The van der Waals surface area contributed by atoms with E-state index in [-0.39, 0.29) is 18.7 Å². The number of nitrogens with one attached hydrogen (secondary N) is 2. The van der Waals surface area contributed by atoms with Crippen molar-refractivity contribution in [3.8, 4) is 22.5 Å². The lowest BCUT2D eigenvalue weighted by molar-refractivity contribution is -0.153. The predicted octanol–water partition coefficient (Wildman–Crippen LogP) is 3.84. The third-order valence-electron chi connectivity index (χ3n) is 5.64. The number of amides is 1. The average molecular weight is 520 g/mol. The summed E-state index contributed by atoms with van der Waals surface area (Å²) in [5.74, 6) is -1.16. The summed E-state index contributed by atoms with van der Waals surface area (Å²) in [7, 11) is 0. The fraction of sp³-hybridized carbons (Fsp3) is 0.222. The zero-order valence-corrected chi connectivity index (χ0v) is 20.9. The van der Waals surface area contributed by atoms with E-state index in [1.807, 2.05) is 48.5 Å². The summed E-state index contributed by atoms with van der Waals surface area (Å²) in [5, 5.41) is 20.8. The molecule has 0 unspecified atom stereocenters. The molecule has 1 amide bonds. The van der Waals surface area contributed by atoms with Crippen LogP contribution in [0, 0.1) is 0 Å². The van der Waals surface area contributed by atoms with Crippen LogP contribution < -0.4 is 5.32 Å². The molecule has 0 aliphatic rings. The minimum absolute atomic E-state index is 0.0221. The van der Waals surface area contributed by atoms with Gasteiger partial charge in [-0.3, -0.25) is 19.9 Å². The molecule has 9 nitrogen and oxygen atoms in total. The van der Waals surface area contributed by atoms with Gasteiger partial charge in [0, 0.05) is 29.9 Å². The number of hydrogen-bond acceptors (Lipinski definition) is 7. The molecular formula is C27H26ClN5O4. The van der Waals surface area contributed by atoms with Crippen LogP contribution >= 0.6 is 11.6 Å². The smallest absolute Gasteiger partial charge is 0.335 e. The summed E-state index contributed by atoms with van der Waals surface area (Å²) in [4.78, 5) is 33.2. The molecule has 0 spiro atoms. The van der Waals surface area contributed by atoms with Crippen molar-refractivity contribution in [2.24, 2.45) is 0 Å². The van der Waals surface area contributed by atoms with E-state index < -0.39 is 24.0 Å². The van der Waals surface area contributed by atoms with Crippen molar-refractivity contribution >= 4 is 23.5 Å². The monoisotopic (exact) mass is 519 g/mol. The standard InChI is InChI=1S/C27H26ClN5O4/c1-2-37-27(36)25(34)14-21(12-17-6-8-18(9-7-17)19-4-3-5-20(28)13-19)31-26(35)23-15-22(32-33-23)24-16-29-10-11-30-24/h3-11,13,15-16,21,25,34H,2,12,14H2,1H3,(H,31,35)(H,32,33)/t21-,25-/m1/s1. The zero-order chi connectivity index (χ0) is 26.2. The van der Waals surface area contributed by atoms with Gasteiger partial charge in [-0.05, 0) is 48.2 Å². The van der Waals surface area contributed by atoms with Crippen molar-refractivity contribution in [1.29, 1.82) is 0 Å². The van der Waals surface area contributed by atoms with E-state index in [0.29, 0.717) is 22.8 Å². The highest BCUT2D eigenvalue weighted by Gasteiger charge is 2.24. The molecule has 2 aromatic heterocycles. The van der Waals surface area contributed by atoms with E-state index in [0.717, 1.165) is 16.7 Å². The number of nitrogens with zero attached hydrogens (tertiary/aromatic N) is 3. The topological polar surface area (TPSA) is 130 Å². The van der Waals surface area contributed by atoms with Gasteiger partial charge in [-0.1, -0.05) is 48.0 Å². The number of rotatable bonds is 10. The predicted molar refractivity (Wildman–Crippen MR) is 139 cm³/mol. The summed E-state index contributed by atoms with van der Waals surface area (Å²) in [6, 6.07) is 16.4. The summed E-state index contributed by atoms with van der Waals surface area (Å²) in [5.41, 5.74) is 4.10. The summed E-state index contributed by atoms with van der Waals surface area (Å²) >= 11 is 6.11. The molecule has 2 aromatic carbocycles. The van der Waals surface area contributed by atoms with Crippen molar-refractivity contribution in [2.45, 2.75) is 31.9 Å². The number of carbonyl (C=O) groups excluding carboxylic acids is 2. The molecule has 0 bridgehead atoms. The maximum absolute atomic E-state index is 13.0. The van der Waals surface area contributed by atoms with E-state index in [4.69, 9.17) is 16.3 Å². The zero-order valence-electron chi connectivity index (χ0n) is 20.1. The van der Waals surface area contributed by atoms with Gasteiger partial charge in [0.1, 0.15) is 17.1 Å². The molecule has 3 N–H and O–H groups in total. The molecule has 10 heteroatoms. The molecule has 4 rings (SSSR count). The van der Waals surface area contributed by atoms with Gasteiger partial charge in [0.25, 0.3) is 5.91 Å². The fourth-order valence-electron chi connectivity index (χ4n) is 3.85. The number of benzene rings is 2. The Morgan fingerprint density at radius 2 is 1.89 bits per heavy atom. The van der Waals surface area contributed by atoms with Gasteiger partial charge in [0.15, 0.2) is 6.10 Å². The van der Waals surface area contributed by atoms with E-state index in [2.05, 4.69) is 25.5 Å². The second-order valence-corrected chi connectivity index (χ2v) is 8.78. The maximum atomic E-state index is 13.0. The largest absolute Gasteiger partial charge is 0.464 e. The normalized spacial score (nSPS) is 12.5. The molecule has 4 aromatic rings. The molecule has 37 heavy (non-hydrogen) atoms. The Bertz CT molecular complexity index is 1340. The highest BCUT2D eigenvalue weighted by Crippen LogP contribution is 2.24. The first kappa shape index (κ1) is 26.0. The molecule has 0 fully saturated rings. The van der Waals surface area contributed by atoms with E-state index >= 15 is 0 Å². The van der Waals surface area contributed by atoms with Crippen LogP contribution in [0.25, 0.3) is 22.5 Å². The molecule has 0 saturated heterocycles. The summed E-state index contributed by atoms with van der Waals surface area (Å²) in [6.07, 6.45) is 3.60. The Kier molecular flexibility index (Phi) is 8.60. The van der Waals surface area contributed by atoms with Gasteiger partial charge in [-0.2, -0.15) is 5.10 Å². The Balaban J connectivity index is 1.49. The number of aromatic amines is 1. The Morgan fingerprint density at radius 1 is 1.08 bits per heavy atom. The Morgan fingerprint density at radius 3 is 2.59 bits per heavy atom. The Labute approximate surface area is 218 Å². The number of carbonyl (C=O) groups is 2. The highest BCUT2D eigenvalue weighted by molar-refractivity contribution is 6.30. The molecule has 0 aliphatic heterocycles. The molecule has 190 valence electrons. The number of H-pyrrole nitrogens is 1. The van der Waals surface area contributed by atoms with Crippen molar-refractivity contribution in [3.63, 3.8) is 0 Å². The summed E-state index contributed by atoms with van der Waals surface area (Å²) in [6.45, 7) is 1.81. The van der Waals surface area contributed by atoms with Crippen LogP contribution in [0.4, 0.5) is 0 Å². The number of halogens is 1. The fourth-order valence-corrected chi connectivity index (χ4v) is 4.04. The number of ether oxygens (including phenoxy) is 1. The first-order chi connectivity index (χ1) is 17.9. The van der Waals surface area contributed by atoms with Gasteiger partial charge in [-0.15, -0.1) is 0 Å². The van der Waals surface area contributed by atoms with Crippen LogP contribution in [-0.4, -0.2) is 55.9 Å². The third-order valence-corrected chi connectivity index (χ3v) is 5.88. The van der Waals surface area contributed by atoms with Crippen molar-refractivity contribution in [2.75, 3.05) is 6.61 Å². The molecule has 2 atom stereocenters. The van der Waals surface area contributed by atoms with Gasteiger partial charge >= 0.3 is 5.97 Å². The molecule has 0 aliphatic carbocycles. The number of aliphatic hydroxyl groups is 1. The number of esters is 1. The SMILES string of the molecule is CCOC(=O)[C@H](O)C[C@@H](Cc1ccc(-c2cccc(Cl)c2)cc1)NC(=O)c1cc(-c2cnccn2)n[nH]1. The minimum Gasteiger partial charge on any atom is -0.464 e. The van der Waals surface area contributed by atoms with Gasteiger partial charge in [0.05, 0.1) is 12.8 Å². The van der Waals surface area contributed by atoms with Crippen LogP contribution in [-0.2, 0) is 16.0 Å². The third kappa shape index (κ3) is 6.99. The number of aromatic nitrogens is 4. The van der Waals surface area contributed by atoms with Crippen LogP contribution in [0.1, 0.15) is 29.4 Å². The quantitative estimate of drug-likeness (QED) is 0.271. The van der Waals surface area contributed by atoms with Gasteiger partial charge in [-0.25, -0.2) is 4.79 Å². The minimum atomic E-state index is -1.38. The van der Waals surface area contributed by atoms with Crippen LogP contribution in [0.2, 0.25) is 5.02 Å². The summed E-state index contributed by atoms with van der Waals surface area (Å²) < 4.78 is 4.93. The lowest BCUT2D eigenvalue weighted by Gasteiger charge is -2.21. The lowest BCUT2D eigenvalue weighted by Crippen LogP contribution is -2.41. The van der Waals surface area contributed by atoms with Gasteiger partial charge in [0.2, 0.25) is 0 Å². The highest BCUT2D eigenvalue weighted by atomic mass is 35.5. The van der Waals surface area contributed by atoms with Crippen LogP contribution in [0.5, 0.6) is 0 Å². The maximum Gasteiger partial charge on any atom is 0.335 e. The van der Waals surface area contributed by atoms with E-state index in [1.54, 1.807) is 25.4 Å². The molecule has 0 radical (unpaired) electrons. The van der Waals surface area contributed by atoms with E-state index in [1.165, 1.54) is 6.20 Å². The van der Waals surface area contributed by atoms with Crippen LogP contribution in [0.15, 0.2) is 73.2 Å². The molecule has 2 heterocycles. The van der Waals surface area contributed by atoms with Crippen molar-refractivity contribution in [1.82, 2.24) is 25.5 Å². The number of aliphatic hydroxyl groups excluding tert-OH is 1. The van der Waals surface area contributed by atoms with Crippen molar-refractivity contribution in [3.05, 3.63) is 89.5 Å². The lowest BCUT2D eigenvalue weighted by atomic mass is 9.97. The van der Waals surface area contributed by atoms with Crippen LogP contribution in [0.3, 0.4) is 0 Å².